The first-order valence-electron chi connectivity index (χ1n) is 8.60. The number of carbonyl (C=O) groups excluding carboxylic acids is 4. The van der Waals surface area contributed by atoms with Gasteiger partial charge in [-0.05, 0) is 12.8 Å². The number of esters is 4. The van der Waals surface area contributed by atoms with E-state index in [1.165, 1.54) is 27.7 Å². The van der Waals surface area contributed by atoms with Crippen molar-refractivity contribution in [2.24, 2.45) is 0 Å². The lowest BCUT2D eigenvalue weighted by Crippen LogP contribution is -2.42. The molecule has 0 amide bonds. The van der Waals surface area contributed by atoms with Crippen LogP contribution in [0.4, 0.5) is 0 Å². The summed E-state index contributed by atoms with van der Waals surface area (Å²) in [5.74, 6) is -7.77. The van der Waals surface area contributed by atoms with Gasteiger partial charge in [-0.2, -0.15) is 0 Å². The van der Waals surface area contributed by atoms with Crippen LogP contribution in [0.3, 0.4) is 0 Å². The maximum Gasteiger partial charge on any atom is 0.352 e. The minimum absolute atomic E-state index is 0.0789. The van der Waals surface area contributed by atoms with Crippen molar-refractivity contribution in [2.75, 3.05) is 0 Å². The molecular weight excluding hydrogens is 376 g/mol. The average molecular weight is 398 g/mol. The van der Waals surface area contributed by atoms with E-state index in [9.17, 15) is 29.4 Å². The molecular formula is C18H22O10. The van der Waals surface area contributed by atoms with Gasteiger partial charge in [-0.3, -0.25) is 0 Å². The fourth-order valence-corrected chi connectivity index (χ4v) is 2.61. The average Bonchev–Trinajstić information content (AvgIpc) is 2.47. The van der Waals surface area contributed by atoms with Gasteiger partial charge >= 0.3 is 23.9 Å². The molecule has 0 radical (unpaired) electrons. The zero-order valence-electron chi connectivity index (χ0n) is 16.0. The number of aliphatic hydroxyl groups is 2. The molecule has 2 aliphatic heterocycles. The number of rotatable bonds is 5. The molecule has 2 saturated heterocycles. The van der Waals surface area contributed by atoms with E-state index in [4.69, 9.17) is 18.9 Å². The summed E-state index contributed by atoms with van der Waals surface area (Å²) in [5, 5.41) is 20.0. The Balaban J connectivity index is 1.95. The van der Waals surface area contributed by atoms with E-state index in [1.54, 1.807) is 0 Å². The van der Waals surface area contributed by atoms with Gasteiger partial charge in [0.2, 0.25) is 0 Å². The lowest BCUT2D eigenvalue weighted by Gasteiger charge is -2.30. The van der Waals surface area contributed by atoms with Crippen LogP contribution in [0.1, 0.15) is 53.4 Å². The Morgan fingerprint density at radius 1 is 0.643 bits per heavy atom. The highest BCUT2D eigenvalue weighted by Crippen LogP contribution is 2.27. The van der Waals surface area contributed by atoms with Crippen LogP contribution >= 0.6 is 0 Å². The van der Waals surface area contributed by atoms with Crippen LogP contribution < -0.4 is 0 Å². The van der Waals surface area contributed by atoms with Crippen molar-refractivity contribution in [1.82, 2.24) is 0 Å². The fraction of sp³-hybridized carbons (Fsp3) is 0.556. The highest BCUT2D eigenvalue weighted by atomic mass is 16.7. The third-order valence-corrected chi connectivity index (χ3v) is 3.82. The maximum absolute atomic E-state index is 11.8. The van der Waals surface area contributed by atoms with Crippen molar-refractivity contribution in [3.05, 3.63) is 22.7 Å². The molecule has 0 spiro atoms. The Hall–Kier alpha value is -3.04. The molecule has 0 atom stereocenters. The molecule has 154 valence electrons. The molecule has 2 aliphatic rings. The number of hydrogen-bond acceptors (Lipinski definition) is 10. The van der Waals surface area contributed by atoms with E-state index in [2.05, 4.69) is 0 Å². The Kier molecular flexibility index (Phi) is 5.72. The first kappa shape index (κ1) is 21.3. The molecule has 2 N–H and O–H groups in total. The number of cyclic esters (lactones) is 4. The number of carbonyl (C=O) groups is 4. The summed E-state index contributed by atoms with van der Waals surface area (Å²) in [5.41, 5.74) is -1.16. The molecule has 2 rings (SSSR count). The van der Waals surface area contributed by atoms with Gasteiger partial charge < -0.3 is 29.2 Å². The van der Waals surface area contributed by atoms with Crippen molar-refractivity contribution < 1.29 is 48.3 Å². The first-order chi connectivity index (χ1) is 12.8. The zero-order chi connectivity index (χ0) is 21.3. The number of ether oxygens (including phenoxy) is 4. The fourth-order valence-electron chi connectivity index (χ4n) is 2.61. The summed E-state index contributed by atoms with van der Waals surface area (Å²) < 4.78 is 19.6. The Bertz CT molecular complexity index is 674. The highest BCUT2D eigenvalue weighted by Gasteiger charge is 2.42. The zero-order valence-corrected chi connectivity index (χ0v) is 16.0. The molecule has 0 aromatic heterocycles. The molecule has 2 heterocycles. The summed E-state index contributed by atoms with van der Waals surface area (Å²) in [7, 11) is 0. The van der Waals surface area contributed by atoms with Crippen molar-refractivity contribution in [3.63, 3.8) is 0 Å². The lowest BCUT2D eigenvalue weighted by atomic mass is 10.1. The van der Waals surface area contributed by atoms with Crippen LogP contribution in [-0.2, 0) is 38.1 Å². The molecule has 0 saturated carbocycles. The Morgan fingerprint density at radius 3 is 1.14 bits per heavy atom. The molecule has 10 nitrogen and oxygen atoms in total. The lowest BCUT2D eigenvalue weighted by molar-refractivity contribution is -0.224. The van der Waals surface area contributed by atoms with Crippen LogP contribution in [0.2, 0.25) is 0 Å². The van der Waals surface area contributed by atoms with E-state index >= 15 is 0 Å². The van der Waals surface area contributed by atoms with Gasteiger partial charge in [-0.15, -0.1) is 0 Å². The Labute approximate surface area is 160 Å². The number of aliphatic hydroxyl groups excluding tert-OH is 2. The minimum Gasteiger partial charge on any atom is -0.511 e. The van der Waals surface area contributed by atoms with Crippen molar-refractivity contribution in [1.29, 1.82) is 0 Å². The second kappa shape index (κ2) is 7.53. The maximum atomic E-state index is 11.8. The standard InChI is InChI=1S/C18H22O10/c1-17(2)25-13(21)11(14(22)26-17)9(19)7-5-6-8-10(20)12-15(23)27-18(3,4)28-16(12)24/h19-20H,5-8H2,1-4H3. The van der Waals surface area contributed by atoms with Crippen LogP contribution in [0, 0.1) is 0 Å². The van der Waals surface area contributed by atoms with E-state index < -0.39 is 58.1 Å². The van der Waals surface area contributed by atoms with Gasteiger partial charge in [0, 0.05) is 40.5 Å². The van der Waals surface area contributed by atoms with Gasteiger partial charge in [0.1, 0.15) is 11.5 Å². The smallest absolute Gasteiger partial charge is 0.352 e. The van der Waals surface area contributed by atoms with Crippen LogP contribution in [0.15, 0.2) is 22.7 Å². The minimum atomic E-state index is -1.41. The topological polar surface area (TPSA) is 146 Å². The quantitative estimate of drug-likeness (QED) is 0.231. The van der Waals surface area contributed by atoms with E-state index in [1.807, 2.05) is 0 Å². The van der Waals surface area contributed by atoms with Crippen molar-refractivity contribution in [3.8, 4) is 0 Å². The van der Waals surface area contributed by atoms with E-state index in [-0.39, 0.29) is 25.7 Å². The van der Waals surface area contributed by atoms with Crippen molar-refractivity contribution >= 4 is 23.9 Å². The van der Waals surface area contributed by atoms with Gasteiger partial charge in [-0.1, -0.05) is 0 Å². The van der Waals surface area contributed by atoms with Gasteiger partial charge in [0.15, 0.2) is 11.1 Å². The van der Waals surface area contributed by atoms with E-state index in [0.717, 1.165) is 0 Å². The molecule has 0 aromatic rings. The number of hydrogen-bond donors (Lipinski definition) is 2. The SMILES string of the molecule is CC1(C)OC(=O)C(=C(O)CCCCC(O)=C2C(=O)OC(C)(C)OC2=O)C(=O)O1. The molecule has 10 heteroatoms. The Morgan fingerprint density at radius 2 is 0.893 bits per heavy atom. The summed E-state index contributed by atoms with van der Waals surface area (Å²) in [6.07, 6.45) is 0.299. The van der Waals surface area contributed by atoms with Crippen LogP contribution in [0.25, 0.3) is 0 Å². The van der Waals surface area contributed by atoms with E-state index in [0.29, 0.717) is 0 Å². The summed E-state index contributed by atoms with van der Waals surface area (Å²) >= 11 is 0. The first-order valence-corrected chi connectivity index (χ1v) is 8.60. The van der Waals surface area contributed by atoms with Gasteiger partial charge in [0.05, 0.1) is 0 Å². The predicted molar refractivity (Wildman–Crippen MR) is 90.3 cm³/mol. The number of allylic oxidation sites excluding steroid dienone is 2. The molecule has 28 heavy (non-hydrogen) atoms. The predicted octanol–water partition coefficient (Wildman–Crippen LogP) is 1.84. The molecule has 0 aromatic carbocycles. The second-order valence-electron chi connectivity index (χ2n) is 7.21. The molecule has 0 unspecified atom stereocenters. The monoisotopic (exact) mass is 398 g/mol. The summed E-state index contributed by atoms with van der Waals surface area (Å²) in [6.45, 7) is 5.54. The molecule has 0 aliphatic carbocycles. The molecule has 0 bridgehead atoms. The third kappa shape index (κ3) is 4.81. The number of unbranched alkanes of at least 4 members (excludes halogenated alkanes) is 1. The second-order valence-corrected chi connectivity index (χ2v) is 7.21. The van der Waals surface area contributed by atoms with Gasteiger partial charge in [-0.25, -0.2) is 19.2 Å². The highest BCUT2D eigenvalue weighted by molar-refractivity contribution is 6.16. The van der Waals surface area contributed by atoms with Crippen LogP contribution in [-0.4, -0.2) is 45.7 Å². The van der Waals surface area contributed by atoms with Crippen molar-refractivity contribution in [2.45, 2.75) is 65.0 Å². The third-order valence-electron chi connectivity index (χ3n) is 3.82. The summed E-state index contributed by atoms with van der Waals surface area (Å²) in [4.78, 5) is 47.4. The largest absolute Gasteiger partial charge is 0.511 e. The summed E-state index contributed by atoms with van der Waals surface area (Å²) in [6, 6.07) is 0. The van der Waals surface area contributed by atoms with Gasteiger partial charge in [0.25, 0.3) is 11.6 Å². The molecule has 2 fully saturated rings. The normalized spacial score (nSPS) is 20.7. The van der Waals surface area contributed by atoms with Crippen LogP contribution in [0.5, 0.6) is 0 Å².